The molecule has 1 atom stereocenters. The van der Waals surface area contributed by atoms with E-state index in [0.29, 0.717) is 13.0 Å². The number of benzene rings is 2. The summed E-state index contributed by atoms with van der Waals surface area (Å²) in [5, 5.41) is 0. The fourth-order valence-electron chi connectivity index (χ4n) is 3.09. The van der Waals surface area contributed by atoms with E-state index in [1.54, 1.807) is 19.2 Å². The number of hydrogen-bond acceptors (Lipinski definition) is 2. The Balaban J connectivity index is 1.65. The van der Waals surface area contributed by atoms with Crippen LogP contribution in [0.3, 0.4) is 0 Å². The molecular formula is C19H20FNO2. The van der Waals surface area contributed by atoms with Crippen molar-refractivity contribution in [3.63, 3.8) is 0 Å². The Kier molecular flexibility index (Phi) is 4.60. The molecule has 0 spiro atoms. The van der Waals surface area contributed by atoms with Gasteiger partial charge in [-0.2, -0.15) is 0 Å². The van der Waals surface area contributed by atoms with Crippen LogP contribution in [0.4, 0.5) is 4.39 Å². The van der Waals surface area contributed by atoms with Gasteiger partial charge in [0.05, 0.1) is 7.11 Å². The summed E-state index contributed by atoms with van der Waals surface area (Å²) in [6.07, 6.45) is 1.51. The van der Waals surface area contributed by atoms with Crippen molar-refractivity contribution in [3.8, 4) is 5.75 Å². The standard InChI is InChI=1S/C19H20FNO2/c1-23-18-5-3-2-4-16(18)13-21-11-10-15(19(21)22)12-14-6-8-17(20)9-7-14/h2-9,15H,10-13H2,1H3. The number of methoxy groups -OCH3 is 1. The van der Waals surface area contributed by atoms with E-state index in [1.807, 2.05) is 29.2 Å². The van der Waals surface area contributed by atoms with E-state index >= 15 is 0 Å². The van der Waals surface area contributed by atoms with E-state index in [4.69, 9.17) is 4.74 Å². The number of nitrogens with zero attached hydrogens (tertiary/aromatic N) is 1. The van der Waals surface area contributed by atoms with Crippen molar-refractivity contribution in [1.29, 1.82) is 0 Å². The zero-order valence-corrected chi connectivity index (χ0v) is 13.2. The molecule has 120 valence electrons. The van der Waals surface area contributed by atoms with Crippen molar-refractivity contribution in [2.75, 3.05) is 13.7 Å². The van der Waals surface area contributed by atoms with Crippen LogP contribution >= 0.6 is 0 Å². The third kappa shape index (κ3) is 3.52. The zero-order chi connectivity index (χ0) is 16.2. The molecule has 2 aromatic carbocycles. The Bertz CT molecular complexity index is 684. The van der Waals surface area contributed by atoms with Gasteiger partial charge >= 0.3 is 0 Å². The SMILES string of the molecule is COc1ccccc1CN1CCC(Cc2ccc(F)cc2)C1=O. The maximum absolute atomic E-state index is 13.0. The molecule has 0 N–H and O–H groups in total. The highest BCUT2D eigenvalue weighted by Crippen LogP contribution is 2.26. The summed E-state index contributed by atoms with van der Waals surface area (Å²) in [6.45, 7) is 1.32. The Morgan fingerprint density at radius 3 is 2.65 bits per heavy atom. The molecule has 1 aliphatic heterocycles. The average Bonchev–Trinajstić information content (AvgIpc) is 2.91. The van der Waals surface area contributed by atoms with E-state index < -0.39 is 0 Å². The van der Waals surface area contributed by atoms with Crippen LogP contribution in [0.15, 0.2) is 48.5 Å². The first kappa shape index (κ1) is 15.5. The number of ether oxygens (including phenoxy) is 1. The maximum Gasteiger partial charge on any atom is 0.226 e. The number of likely N-dealkylation sites (tertiary alicyclic amines) is 1. The minimum atomic E-state index is -0.246. The van der Waals surface area contributed by atoms with Crippen molar-refractivity contribution in [2.24, 2.45) is 5.92 Å². The van der Waals surface area contributed by atoms with Gasteiger partial charge in [0.2, 0.25) is 5.91 Å². The predicted molar refractivity (Wildman–Crippen MR) is 86.6 cm³/mol. The van der Waals surface area contributed by atoms with Gasteiger partial charge in [0.15, 0.2) is 0 Å². The van der Waals surface area contributed by atoms with Crippen molar-refractivity contribution < 1.29 is 13.9 Å². The predicted octanol–water partition coefficient (Wildman–Crippen LogP) is 3.43. The van der Waals surface area contributed by atoms with Gasteiger partial charge in [-0.1, -0.05) is 30.3 Å². The van der Waals surface area contributed by atoms with Crippen LogP contribution in [0.5, 0.6) is 5.75 Å². The molecule has 1 amide bonds. The van der Waals surface area contributed by atoms with Crippen LogP contribution in [0.1, 0.15) is 17.5 Å². The quantitative estimate of drug-likeness (QED) is 0.846. The number of para-hydroxylation sites is 1. The Morgan fingerprint density at radius 2 is 1.91 bits per heavy atom. The number of carbonyl (C=O) groups excluding carboxylic acids is 1. The number of hydrogen-bond donors (Lipinski definition) is 0. The molecule has 0 bridgehead atoms. The lowest BCUT2D eigenvalue weighted by Gasteiger charge is -2.18. The fraction of sp³-hybridized carbons (Fsp3) is 0.316. The second-order valence-corrected chi connectivity index (χ2v) is 5.89. The Hall–Kier alpha value is -2.36. The monoisotopic (exact) mass is 313 g/mol. The van der Waals surface area contributed by atoms with E-state index in [0.717, 1.165) is 29.8 Å². The summed E-state index contributed by atoms with van der Waals surface area (Å²) in [5.74, 6) is 0.710. The Morgan fingerprint density at radius 1 is 1.17 bits per heavy atom. The summed E-state index contributed by atoms with van der Waals surface area (Å²) >= 11 is 0. The molecule has 3 rings (SSSR count). The van der Waals surface area contributed by atoms with Gasteiger partial charge in [-0.25, -0.2) is 4.39 Å². The normalized spacial score (nSPS) is 17.6. The van der Waals surface area contributed by atoms with E-state index in [9.17, 15) is 9.18 Å². The third-order valence-electron chi connectivity index (χ3n) is 4.36. The lowest BCUT2D eigenvalue weighted by molar-refractivity contribution is -0.131. The highest BCUT2D eigenvalue weighted by Gasteiger charge is 2.31. The second-order valence-electron chi connectivity index (χ2n) is 5.89. The van der Waals surface area contributed by atoms with Gasteiger partial charge < -0.3 is 9.64 Å². The molecule has 1 saturated heterocycles. The molecule has 1 aliphatic rings. The van der Waals surface area contributed by atoms with Crippen LogP contribution < -0.4 is 4.74 Å². The molecule has 0 aliphatic carbocycles. The van der Waals surface area contributed by atoms with E-state index in [-0.39, 0.29) is 17.6 Å². The van der Waals surface area contributed by atoms with Crippen molar-refractivity contribution in [1.82, 2.24) is 4.90 Å². The molecule has 1 unspecified atom stereocenters. The number of rotatable bonds is 5. The first-order chi connectivity index (χ1) is 11.2. The van der Waals surface area contributed by atoms with Crippen LogP contribution in [0.25, 0.3) is 0 Å². The van der Waals surface area contributed by atoms with Gasteiger partial charge in [-0.05, 0) is 36.6 Å². The van der Waals surface area contributed by atoms with E-state index in [2.05, 4.69) is 0 Å². The minimum absolute atomic E-state index is 0.0184. The van der Waals surface area contributed by atoms with Crippen molar-refractivity contribution in [2.45, 2.75) is 19.4 Å². The number of halogens is 1. The van der Waals surface area contributed by atoms with E-state index in [1.165, 1.54) is 12.1 Å². The molecule has 1 heterocycles. The van der Waals surface area contributed by atoms with Crippen LogP contribution in [-0.4, -0.2) is 24.5 Å². The van der Waals surface area contributed by atoms with Crippen molar-refractivity contribution >= 4 is 5.91 Å². The molecule has 4 heteroatoms. The maximum atomic E-state index is 13.0. The summed E-state index contributed by atoms with van der Waals surface area (Å²) in [7, 11) is 1.64. The molecule has 0 radical (unpaired) electrons. The Labute approximate surface area is 135 Å². The number of carbonyl (C=O) groups is 1. The zero-order valence-electron chi connectivity index (χ0n) is 13.2. The topological polar surface area (TPSA) is 29.5 Å². The smallest absolute Gasteiger partial charge is 0.226 e. The summed E-state index contributed by atoms with van der Waals surface area (Å²) in [6, 6.07) is 14.2. The van der Waals surface area contributed by atoms with Crippen LogP contribution in [-0.2, 0) is 17.8 Å². The lowest BCUT2D eigenvalue weighted by Crippen LogP contribution is -2.27. The van der Waals surface area contributed by atoms with Crippen LogP contribution in [0.2, 0.25) is 0 Å². The second kappa shape index (κ2) is 6.82. The minimum Gasteiger partial charge on any atom is -0.496 e. The van der Waals surface area contributed by atoms with Gasteiger partial charge in [-0.3, -0.25) is 4.79 Å². The average molecular weight is 313 g/mol. The largest absolute Gasteiger partial charge is 0.496 e. The van der Waals surface area contributed by atoms with Crippen LogP contribution in [0, 0.1) is 11.7 Å². The molecule has 0 aromatic heterocycles. The lowest BCUT2D eigenvalue weighted by atomic mass is 9.98. The summed E-state index contributed by atoms with van der Waals surface area (Å²) in [4.78, 5) is 14.5. The molecule has 3 nitrogen and oxygen atoms in total. The molecule has 1 fully saturated rings. The van der Waals surface area contributed by atoms with Gasteiger partial charge in [-0.15, -0.1) is 0 Å². The summed E-state index contributed by atoms with van der Waals surface area (Å²) < 4.78 is 18.3. The molecule has 0 saturated carbocycles. The highest BCUT2D eigenvalue weighted by atomic mass is 19.1. The molecule has 23 heavy (non-hydrogen) atoms. The fourth-order valence-corrected chi connectivity index (χ4v) is 3.09. The highest BCUT2D eigenvalue weighted by molar-refractivity contribution is 5.81. The first-order valence-electron chi connectivity index (χ1n) is 7.82. The van der Waals surface area contributed by atoms with Gasteiger partial charge in [0.25, 0.3) is 0 Å². The third-order valence-corrected chi connectivity index (χ3v) is 4.36. The number of amides is 1. The summed E-state index contributed by atoms with van der Waals surface area (Å²) in [5.41, 5.74) is 2.02. The van der Waals surface area contributed by atoms with Crippen molar-refractivity contribution in [3.05, 3.63) is 65.5 Å². The molecular weight excluding hydrogens is 293 g/mol. The first-order valence-corrected chi connectivity index (χ1v) is 7.82. The van der Waals surface area contributed by atoms with Gasteiger partial charge in [0.1, 0.15) is 11.6 Å². The molecule has 2 aromatic rings. The van der Waals surface area contributed by atoms with Gasteiger partial charge in [0, 0.05) is 24.6 Å².